The lowest BCUT2D eigenvalue weighted by molar-refractivity contribution is -0.385. The van der Waals surface area contributed by atoms with E-state index in [1.54, 1.807) is 19.2 Å². The van der Waals surface area contributed by atoms with E-state index in [1.165, 1.54) is 0 Å². The summed E-state index contributed by atoms with van der Waals surface area (Å²) < 4.78 is 5.92. The van der Waals surface area contributed by atoms with Gasteiger partial charge in [0.2, 0.25) is 0 Å². The van der Waals surface area contributed by atoms with Crippen LogP contribution in [0.3, 0.4) is 0 Å². The predicted molar refractivity (Wildman–Crippen MR) is 80.6 cm³/mol. The fourth-order valence-corrected chi connectivity index (χ4v) is 3.07. The lowest BCUT2D eigenvalue weighted by Gasteiger charge is -2.51. The van der Waals surface area contributed by atoms with Crippen molar-refractivity contribution in [3.05, 3.63) is 38.3 Å². The van der Waals surface area contributed by atoms with Crippen LogP contribution in [0, 0.1) is 15.5 Å². The number of halogens is 1. The normalized spacial score (nSPS) is 24.2. The number of hydrogen-bond acceptors (Lipinski definition) is 4. The van der Waals surface area contributed by atoms with E-state index in [0.717, 1.165) is 12.0 Å². The number of hydrogen-bond donors (Lipinski definition) is 1. The fraction of sp³-hybridized carbons (Fsp3) is 0.571. The van der Waals surface area contributed by atoms with Gasteiger partial charge < -0.3 is 10.1 Å². The zero-order valence-corrected chi connectivity index (χ0v) is 13.4. The SMILES string of the molecule is COC1CC(NCc2ccc(Br)c([N+](=O)[O-])c2)C1(C)C. The summed E-state index contributed by atoms with van der Waals surface area (Å²) in [5.74, 6) is 0. The van der Waals surface area contributed by atoms with Crippen LogP contribution in [0.4, 0.5) is 5.69 Å². The summed E-state index contributed by atoms with van der Waals surface area (Å²) in [6, 6.07) is 5.59. The Hall–Kier alpha value is -0.980. The molecule has 110 valence electrons. The van der Waals surface area contributed by atoms with E-state index in [2.05, 4.69) is 35.1 Å². The molecule has 0 spiro atoms. The number of nitrogens with one attached hydrogen (secondary N) is 1. The van der Waals surface area contributed by atoms with E-state index in [9.17, 15) is 10.1 Å². The summed E-state index contributed by atoms with van der Waals surface area (Å²) in [5, 5.41) is 14.4. The number of rotatable bonds is 5. The standard InChI is InChI=1S/C14H19BrN2O3/c1-14(2)12(7-13(14)20-3)16-8-9-4-5-10(15)11(6-9)17(18)19/h4-6,12-13,16H,7-8H2,1-3H3. The zero-order valence-electron chi connectivity index (χ0n) is 11.9. The Kier molecular flexibility index (Phi) is 4.46. The maximum absolute atomic E-state index is 10.9. The van der Waals surface area contributed by atoms with Gasteiger partial charge in [0, 0.05) is 31.2 Å². The second kappa shape index (κ2) is 5.79. The minimum absolute atomic E-state index is 0.0933. The highest BCUT2D eigenvalue weighted by Gasteiger charge is 2.48. The van der Waals surface area contributed by atoms with E-state index in [1.807, 2.05) is 6.07 Å². The molecule has 0 radical (unpaired) electrons. The van der Waals surface area contributed by atoms with Crippen molar-refractivity contribution in [2.24, 2.45) is 5.41 Å². The molecule has 0 bridgehead atoms. The molecule has 5 nitrogen and oxygen atoms in total. The van der Waals surface area contributed by atoms with Gasteiger partial charge >= 0.3 is 0 Å². The van der Waals surface area contributed by atoms with E-state index >= 15 is 0 Å². The molecular weight excluding hydrogens is 324 g/mol. The maximum Gasteiger partial charge on any atom is 0.283 e. The summed E-state index contributed by atoms with van der Waals surface area (Å²) >= 11 is 3.19. The molecule has 6 heteroatoms. The van der Waals surface area contributed by atoms with Crippen LogP contribution in [0.15, 0.2) is 22.7 Å². The van der Waals surface area contributed by atoms with Crippen molar-refractivity contribution in [1.82, 2.24) is 5.32 Å². The molecule has 1 N–H and O–H groups in total. The molecule has 0 heterocycles. The summed E-state index contributed by atoms with van der Waals surface area (Å²) in [5.41, 5.74) is 1.11. The number of nitrogens with zero attached hydrogens (tertiary/aromatic N) is 1. The van der Waals surface area contributed by atoms with Crippen LogP contribution >= 0.6 is 15.9 Å². The molecule has 2 atom stereocenters. The second-order valence-corrected chi connectivity index (χ2v) is 6.61. The van der Waals surface area contributed by atoms with Crippen LogP contribution in [0.1, 0.15) is 25.8 Å². The van der Waals surface area contributed by atoms with Gasteiger partial charge in [-0.1, -0.05) is 19.9 Å². The lowest BCUT2D eigenvalue weighted by atomic mass is 9.64. The first-order valence-electron chi connectivity index (χ1n) is 6.55. The molecule has 0 saturated heterocycles. The Morgan fingerprint density at radius 1 is 1.55 bits per heavy atom. The first kappa shape index (κ1) is 15.4. The average molecular weight is 343 g/mol. The van der Waals surface area contributed by atoms with Gasteiger partial charge in [-0.2, -0.15) is 0 Å². The summed E-state index contributed by atoms with van der Waals surface area (Å²) in [6.07, 6.45) is 1.25. The smallest absolute Gasteiger partial charge is 0.283 e. The van der Waals surface area contributed by atoms with Gasteiger partial charge in [-0.15, -0.1) is 0 Å². The second-order valence-electron chi connectivity index (χ2n) is 5.76. The Morgan fingerprint density at radius 2 is 2.25 bits per heavy atom. The highest BCUT2D eigenvalue weighted by Crippen LogP contribution is 2.42. The Morgan fingerprint density at radius 3 is 2.80 bits per heavy atom. The van der Waals surface area contributed by atoms with E-state index in [0.29, 0.717) is 17.1 Å². The highest BCUT2D eigenvalue weighted by molar-refractivity contribution is 9.10. The van der Waals surface area contributed by atoms with Gasteiger partial charge in [-0.3, -0.25) is 10.1 Å². The Bertz CT molecular complexity index is 519. The van der Waals surface area contributed by atoms with Gasteiger partial charge in [0.1, 0.15) is 0 Å². The first-order valence-corrected chi connectivity index (χ1v) is 7.34. The van der Waals surface area contributed by atoms with Gasteiger partial charge in [0.15, 0.2) is 0 Å². The third-order valence-electron chi connectivity index (χ3n) is 4.22. The molecule has 0 amide bonds. The zero-order chi connectivity index (χ0) is 14.9. The average Bonchev–Trinajstić information content (AvgIpc) is 2.39. The van der Waals surface area contributed by atoms with Gasteiger partial charge in [0.05, 0.1) is 15.5 Å². The summed E-state index contributed by atoms with van der Waals surface area (Å²) in [4.78, 5) is 10.5. The van der Waals surface area contributed by atoms with Crippen molar-refractivity contribution >= 4 is 21.6 Å². The molecule has 2 rings (SSSR count). The van der Waals surface area contributed by atoms with Crippen molar-refractivity contribution < 1.29 is 9.66 Å². The lowest BCUT2D eigenvalue weighted by Crippen LogP contribution is -2.60. The highest BCUT2D eigenvalue weighted by atomic mass is 79.9. The van der Waals surface area contributed by atoms with Crippen molar-refractivity contribution in [3.63, 3.8) is 0 Å². The molecule has 1 aliphatic rings. The Labute approximate surface area is 127 Å². The molecule has 20 heavy (non-hydrogen) atoms. The molecule has 1 aromatic carbocycles. The quantitative estimate of drug-likeness (QED) is 0.658. The number of nitro benzene ring substituents is 1. The van der Waals surface area contributed by atoms with E-state index in [4.69, 9.17) is 4.74 Å². The van der Waals surface area contributed by atoms with Crippen LogP contribution in [0.25, 0.3) is 0 Å². The molecular formula is C14H19BrN2O3. The summed E-state index contributed by atoms with van der Waals surface area (Å²) in [6.45, 7) is 4.97. The van der Waals surface area contributed by atoms with Crippen molar-refractivity contribution in [3.8, 4) is 0 Å². The molecule has 1 fully saturated rings. The molecule has 1 aliphatic carbocycles. The van der Waals surface area contributed by atoms with Crippen LogP contribution in [-0.2, 0) is 11.3 Å². The monoisotopic (exact) mass is 342 g/mol. The molecule has 2 unspecified atom stereocenters. The van der Waals surface area contributed by atoms with Crippen LogP contribution in [-0.4, -0.2) is 24.2 Å². The van der Waals surface area contributed by atoms with E-state index in [-0.39, 0.29) is 22.1 Å². The third-order valence-corrected chi connectivity index (χ3v) is 4.89. The number of methoxy groups -OCH3 is 1. The van der Waals surface area contributed by atoms with Crippen LogP contribution < -0.4 is 5.32 Å². The Balaban J connectivity index is 1.99. The topological polar surface area (TPSA) is 64.4 Å². The number of ether oxygens (including phenoxy) is 1. The number of nitro groups is 1. The number of benzene rings is 1. The minimum Gasteiger partial charge on any atom is -0.381 e. The minimum atomic E-state index is -0.373. The van der Waals surface area contributed by atoms with Crippen LogP contribution in [0.5, 0.6) is 0 Å². The predicted octanol–water partition coefficient (Wildman–Crippen LogP) is 3.26. The fourth-order valence-electron chi connectivity index (χ4n) is 2.68. The third kappa shape index (κ3) is 2.87. The molecule has 1 aromatic rings. The first-order chi connectivity index (χ1) is 9.36. The largest absolute Gasteiger partial charge is 0.381 e. The molecule has 0 aliphatic heterocycles. The molecule has 0 aromatic heterocycles. The molecule has 1 saturated carbocycles. The van der Waals surface area contributed by atoms with Gasteiger partial charge in [-0.25, -0.2) is 0 Å². The van der Waals surface area contributed by atoms with Crippen LogP contribution in [0.2, 0.25) is 0 Å². The van der Waals surface area contributed by atoms with Crippen molar-refractivity contribution in [1.29, 1.82) is 0 Å². The van der Waals surface area contributed by atoms with E-state index < -0.39 is 0 Å². The van der Waals surface area contributed by atoms with Gasteiger partial charge in [0.25, 0.3) is 5.69 Å². The van der Waals surface area contributed by atoms with Crippen molar-refractivity contribution in [2.45, 2.75) is 39.0 Å². The van der Waals surface area contributed by atoms with Gasteiger partial charge in [-0.05, 0) is 34.0 Å². The maximum atomic E-state index is 10.9. The van der Waals surface area contributed by atoms with Crippen molar-refractivity contribution in [2.75, 3.05) is 7.11 Å². The summed E-state index contributed by atoms with van der Waals surface area (Å²) in [7, 11) is 1.74.